The minimum absolute atomic E-state index is 0.270. The SMILES string of the molecule is COC(=O)C1=C(C(=O)OC)C(O)c2ccccc2O1. The molecule has 0 spiro atoms. The first-order chi connectivity index (χ1) is 9.10. The zero-order valence-corrected chi connectivity index (χ0v) is 10.4. The van der Waals surface area contributed by atoms with Crippen LogP contribution in [0.1, 0.15) is 11.7 Å². The molecule has 0 saturated carbocycles. The van der Waals surface area contributed by atoms with Crippen LogP contribution in [-0.4, -0.2) is 31.3 Å². The Kier molecular flexibility index (Phi) is 3.52. The van der Waals surface area contributed by atoms with E-state index in [-0.39, 0.29) is 11.3 Å². The third-order valence-electron chi connectivity index (χ3n) is 2.72. The summed E-state index contributed by atoms with van der Waals surface area (Å²) in [6.07, 6.45) is -1.30. The zero-order valence-electron chi connectivity index (χ0n) is 10.4. The molecule has 1 unspecified atom stereocenters. The van der Waals surface area contributed by atoms with E-state index < -0.39 is 18.0 Å². The highest BCUT2D eigenvalue weighted by molar-refractivity contribution is 6.00. The number of ether oxygens (including phenoxy) is 3. The van der Waals surface area contributed by atoms with Crippen molar-refractivity contribution < 1.29 is 28.9 Å². The second kappa shape index (κ2) is 5.11. The fourth-order valence-electron chi connectivity index (χ4n) is 1.80. The average Bonchev–Trinajstić information content (AvgIpc) is 2.45. The van der Waals surface area contributed by atoms with E-state index in [0.29, 0.717) is 11.3 Å². The topological polar surface area (TPSA) is 82.1 Å². The van der Waals surface area contributed by atoms with Crippen LogP contribution in [0, 0.1) is 0 Å². The second-order valence-corrected chi connectivity index (χ2v) is 3.77. The van der Waals surface area contributed by atoms with E-state index in [1.54, 1.807) is 24.3 Å². The maximum absolute atomic E-state index is 11.7. The Bertz CT molecular complexity index is 560. The van der Waals surface area contributed by atoms with Crippen molar-refractivity contribution >= 4 is 11.9 Å². The molecule has 1 N–H and O–H groups in total. The van der Waals surface area contributed by atoms with Crippen LogP contribution in [0.15, 0.2) is 35.6 Å². The van der Waals surface area contributed by atoms with Crippen LogP contribution in [0.25, 0.3) is 0 Å². The largest absolute Gasteiger partial charge is 0.465 e. The first kappa shape index (κ1) is 13.1. The van der Waals surface area contributed by atoms with Crippen LogP contribution >= 0.6 is 0 Å². The first-order valence-corrected chi connectivity index (χ1v) is 5.45. The van der Waals surface area contributed by atoms with Crippen LogP contribution < -0.4 is 4.74 Å². The number of fused-ring (bicyclic) bond motifs is 1. The summed E-state index contributed by atoms with van der Waals surface area (Å²) in [7, 11) is 2.30. The molecule has 1 aromatic rings. The fourth-order valence-corrected chi connectivity index (χ4v) is 1.80. The third-order valence-corrected chi connectivity index (χ3v) is 2.72. The standard InChI is InChI=1S/C13H12O6/c1-17-12(15)9-10(14)7-5-3-4-6-8(7)19-11(9)13(16)18-2/h3-6,10,14H,1-2H3. The molecular weight excluding hydrogens is 252 g/mol. The summed E-state index contributed by atoms with van der Waals surface area (Å²) < 4.78 is 14.4. The van der Waals surface area contributed by atoms with Crippen molar-refractivity contribution in [1.82, 2.24) is 0 Å². The van der Waals surface area contributed by atoms with Gasteiger partial charge < -0.3 is 19.3 Å². The molecule has 1 heterocycles. The van der Waals surface area contributed by atoms with Gasteiger partial charge in [0.1, 0.15) is 17.4 Å². The normalized spacial score (nSPS) is 17.3. The van der Waals surface area contributed by atoms with E-state index in [9.17, 15) is 14.7 Å². The Labute approximate surface area is 109 Å². The Morgan fingerprint density at radius 1 is 1.16 bits per heavy atom. The van der Waals surface area contributed by atoms with Crippen molar-refractivity contribution in [1.29, 1.82) is 0 Å². The highest BCUT2D eigenvalue weighted by Crippen LogP contribution is 2.38. The summed E-state index contributed by atoms with van der Waals surface area (Å²) in [6, 6.07) is 6.54. The van der Waals surface area contributed by atoms with Crippen LogP contribution in [0.3, 0.4) is 0 Å². The number of esters is 2. The van der Waals surface area contributed by atoms with Crippen molar-refractivity contribution in [2.45, 2.75) is 6.10 Å². The molecule has 1 aliphatic rings. The van der Waals surface area contributed by atoms with Gasteiger partial charge in [-0.25, -0.2) is 9.59 Å². The van der Waals surface area contributed by atoms with Gasteiger partial charge >= 0.3 is 11.9 Å². The molecule has 100 valence electrons. The smallest absolute Gasteiger partial charge is 0.374 e. The van der Waals surface area contributed by atoms with Crippen molar-refractivity contribution in [3.05, 3.63) is 41.2 Å². The monoisotopic (exact) mass is 264 g/mol. The van der Waals surface area contributed by atoms with Crippen molar-refractivity contribution in [3.63, 3.8) is 0 Å². The maximum Gasteiger partial charge on any atom is 0.374 e. The maximum atomic E-state index is 11.7. The number of methoxy groups -OCH3 is 2. The summed E-state index contributed by atoms with van der Waals surface area (Å²) in [6.45, 7) is 0. The molecule has 0 bridgehead atoms. The lowest BCUT2D eigenvalue weighted by Crippen LogP contribution is -2.26. The number of para-hydroxylation sites is 1. The molecule has 0 amide bonds. The second-order valence-electron chi connectivity index (χ2n) is 3.77. The predicted molar refractivity (Wildman–Crippen MR) is 63.1 cm³/mol. The Morgan fingerprint density at radius 2 is 1.79 bits per heavy atom. The molecule has 2 rings (SSSR count). The number of hydrogen-bond acceptors (Lipinski definition) is 6. The molecule has 6 nitrogen and oxygen atoms in total. The summed E-state index contributed by atoms with van der Waals surface area (Å²) in [4.78, 5) is 23.3. The highest BCUT2D eigenvalue weighted by atomic mass is 16.6. The van der Waals surface area contributed by atoms with Gasteiger partial charge in [-0.2, -0.15) is 0 Å². The molecule has 0 saturated heterocycles. The van der Waals surface area contributed by atoms with E-state index in [4.69, 9.17) is 4.74 Å². The number of benzene rings is 1. The van der Waals surface area contributed by atoms with Gasteiger partial charge in [0, 0.05) is 5.56 Å². The molecule has 0 aliphatic carbocycles. The van der Waals surface area contributed by atoms with Crippen molar-refractivity contribution in [3.8, 4) is 5.75 Å². The van der Waals surface area contributed by atoms with Crippen LogP contribution in [-0.2, 0) is 19.1 Å². The van der Waals surface area contributed by atoms with Crippen molar-refractivity contribution in [2.24, 2.45) is 0 Å². The lowest BCUT2D eigenvalue weighted by atomic mass is 9.97. The number of aliphatic hydroxyl groups excluding tert-OH is 1. The van der Waals surface area contributed by atoms with Gasteiger partial charge in [-0.1, -0.05) is 18.2 Å². The number of carbonyl (C=O) groups is 2. The number of aliphatic hydroxyl groups is 1. The van der Waals surface area contributed by atoms with Gasteiger partial charge in [-0.05, 0) is 6.07 Å². The molecule has 0 radical (unpaired) electrons. The lowest BCUT2D eigenvalue weighted by Gasteiger charge is -2.24. The van der Waals surface area contributed by atoms with Crippen LogP contribution in [0.4, 0.5) is 0 Å². The molecule has 1 aliphatic heterocycles. The van der Waals surface area contributed by atoms with Gasteiger partial charge in [0.25, 0.3) is 0 Å². The molecule has 19 heavy (non-hydrogen) atoms. The Balaban J connectivity index is 2.57. The minimum atomic E-state index is -1.30. The average molecular weight is 264 g/mol. The van der Waals surface area contributed by atoms with Crippen LogP contribution in [0.5, 0.6) is 5.75 Å². The molecule has 0 fully saturated rings. The van der Waals surface area contributed by atoms with Gasteiger partial charge in [0.2, 0.25) is 5.76 Å². The third kappa shape index (κ3) is 2.17. The number of hydrogen-bond donors (Lipinski definition) is 1. The quantitative estimate of drug-likeness (QED) is 0.792. The zero-order chi connectivity index (χ0) is 14.0. The van der Waals surface area contributed by atoms with Gasteiger partial charge in [0.05, 0.1) is 14.2 Å². The van der Waals surface area contributed by atoms with Gasteiger partial charge in [-0.15, -0.1) is 0 Å². The van der Waals surface area contributed by atoms with Crippen molar-refractivity contribution in [2.75, 3.05) is 14.2 Å². The van der Waals surface area contributed by atoms with E-state index in [1.807, 2.05) is 0 Å². The fraction of sp³-hybridized carbons (Fsp3) is 0.231. The summed E-state index contributed by atoms with van der Waals surface area (Å²) in [5, 5.41) is 10.2. The Hall–Kier alpha value is -2.34. The van der Waals surface area contributed by atoms with E-state index >= 15 is 0 Å². The minimum Gasteiger partial charge on any atom is -0.465 e. The first-order valence-electron chi connectivity index (χ1n) is 5.45. The van der Waals surface area contributed by atoms with E-state index in [1.165, 1.54) is 0 Å². The van der Waals surface area contributed by atoms with E-state index in [2.05, 4.69) is 9.47 Å². The predicted octanol–water partition coefficient (Wildman–Crippen LogP) is 0.713. The van der Waals surface area contributed by atoms with Gasteiger partial charge in [0.15, 0.2) is 0 Å². The van der Waals surface area contributed by atoms with Crippen LogP contribution in [0.2, 0.25) is 0 Å². The molecule has 6 heteroatoms. The molecular formula is C13H12O6. The summed E-state index contributed by atoms with van der Waals surface area (Å²) >= 11 is 0. The highest BCUT2D eigenvalue weighted by Gasteiger charge is 2.36. The van der Waals surface area contributed by atoms with Gasteiger partial charge in [-0.3, -0.25) is 0 Å². The van der Waals surface area contributed by atoms with E-state index in [0.717, 1.165) is 14.2 Å². The summed E-state index contributed by atoms with van der Waals surface area (Å²) in [5.41, 5.74) is 0.114. The molecule has 0 aromatic heterocycles. The molecule has 1 aromatic carbocycles. The summed E-state index contributed by atoms with van der Waals surface area (Å²) in [5.74, 6) is -1.76. The number of rotatable bonds is 2. The molecule has 1 atom stereocenters. The number of carbonyl (C=O) groups excluding carboxylic acids is 2. The Morgan fingerprint density at radius 3 is 2.42 bits per heavy atom. The lowest BCUT2D eigenvalue weighted by molar-refractivity contribution is -0.142.